The second kappa shape index (κ2) is 3.95. The molecule has 0 aromatic rings. The lowest BCUT2D eigenvalue weighted by Gasteiger charge is -2.14. The summed E-state index contributed by atoms with van der Waals surface area (Å²) in [7, 11) is -1.50. The second-order valence-electron chi connectivity index (χ2n) is 2.81. The Morgan fingerprint density at radius 3 is 2.50 bits per heavy atom. The van der Waals surface area contributed by atoms with Gasteiger partial charge >= 0.3 is 0 Å². The van der Waals surface area contributed by atoms with Gasteiger partial charge in [-0.15, -0.1) is 0 Å². The number of nitrogens with zero attached hydrogens (tertiary/aromatic N) is 2. The molecule has 0 atom stereocenters. The number of hydrogen-bond donors (Lipinski definition) is 1. The molecule has 72 valence electrons. The highest BCUT2D eigenvalue weighted by atomic mass is 32.2. The molecule has 0 aromatic carbocycles. The van der Waals surface area contributed by atoms with Gasteiger partial charge in [0, 0.05) is 26.7 Å². The van der Waals surface area contributed by atoms with Gasteiger partial charge in [0.25, 0.3) is 10.2 Å². The maximum atomic E-state index is 11.4. The van der Waals surface area contributed by atoms with Crippen LogP contribution in [-0.4, -0.2) is 49.5 Å². The Balaban J connectivity index is 2.57. The second-order valence-corrected chi connectivity index (χ2v) is 5.29. The van der Waals surface area contributed by atoms with Gasteiger partial charge in [-0.05, 0) is 12.2 Å². The summed E-state index contributed by atoms with van der Waals surface area (Å²) in [4.78, 5) is 0. The van der Waals surface area contributed by atoms with Crippen LogP contribution in [0.15, 0.2) is 0 Å². The number of thiol groups is 1. The average Bonchev–Trinajstić information content (AvgIpc) is 2.25. The van der Waals surface area contributed by atoms with Gasteiger partial charge < -0.3 is 0 Å². The van der Waals surface area contributed by atoms with Crippen molar-refractivity contribution in [2.75, 3.05) is 32.4 Å². The van der Waals surface area contributed by atoms with Crippen molar-refractivity contribution in [1.82, 2.24) is 8.61 Å². The summed E-state index contributed by atoms with van der Waals surface area (Å²) in [6.45, 7) is 1.82. The summed E-state index contributed by atoms with van der Waals surface area (Å²) in [6.07, 6.45) is 0.816. The smallest absolute Gasteiger partial charge is 0.195 e. The van der Waals surface area contributed by atoms with Crippen LogP contribution >= 0.6 is 12.6 Å². The van der Waals surface area contributed by atoms with Crippen LogP contribution in [0.5, 0.6) is 0 Å². The largest absolute Gasteiger partial charge is 0.281 e. The molecule has 1 aliphatic heterocycles. The zero-order chi connectivity index (χ0) is 9.19. The van der Waals surface area contributed by atoms with E-state index in [4.69, 9.17) is 0 Å². The van der Waals surface area contributed by atoms with Gasteiger partial charge in [-0.3, -0.25) is 0 Å². The molecular weight excluding hydrogens is 196 g/mol. The van der Waals surface area contributed by atoms with Crippen molar-refractivity contribution < 1.29 is 8.42 Å². The fourth-order valence-corrected chi connectivity index (χ4v) is 2.67. The number of hydrogen-bond acceptors (Lipinski definition) is 3. The zero-order valence-electron chi connectivity index (χ0n) is 7.10. The third-order valence-electron chi connectivity index (χ3n) is 1.95. The van der Waals surface area contributed by atoms with E-state index in [9.17, 15) is 8.42 Å². The molecule has 12 heavy (non-hydrogen) atoms. The predicted molar refractivity (Wildman–Crippen MR) is 51.6 cm³/mol. The van der Waals surface area contributed by atoms with Crippen LogP contribution in [0.1, 0.15) is 6.42 Å². The molecule has 4 nitrogen and oxygen atoms in total. The quantitative estimate of drug-likeness (QED) is 0.655. The molecule has 1 heterocycles. The van der Waals surface area contributed by atoms with Gasteiger partial charge in [0.05, 0.1) is 0 Å². The molecule has 0 saturated carbocycles. The van der Waals surface area contributed by atoms with Crippen LogP contribution < -0.4 is 0 Å². The topological polar surface area (TPSA) is 40.6 Å². The van der Waals surface area contributed by atoms with E-state index in [1.54, 1.807) is 7.05 Å². The van der Waals surface area contributed by atoms with Crippen molar-refractivity contribution in [2.45, 2.75) is 6.42 Å². The highest BCUT2D eigenvalue weighted by Crippen LogP contribution is 2.13. The van der Waals surface area contributed by atoms with Crippen molar-refractivity contribution in [3.63, 3.8) is 0 Å². The zero-order valence-corrected chi connectivity index (χ0v) is 8.81. The Hall–Kier alpha value is 0.220. The lowest BCUT2D eigenvalue weighted by atomic mass is 10.4. The lowest BCUT2D eigenvalue weighted by Crippen LogP contribution is -2.31. The molecule has 0 spiro atoms. The molecule has 0 radical (unpaired) electrons. The van der Waals surface area contributed by atoms with Gasteiger partial charge in [0.1, 0.15) is 0 Å². The summed E-state index contributed by atoms with van der Waals surface area (Å²) in [5.74, 6) is 0.732. The summed E-state index contributed by atoms with van der Waals surface area (Å²) in [5, 5.41) is 0. The monoisotopic (exact) mass is 210 g/mol. The minimum absolute atomic E-state index is 0.593. The van der Waals surface area contributed by atoms with Crippen molar-refractivity contribution in [3.8, 4) is 0 Å². The van der Waals surface area contributed by atoms with E-state index in [1.807, 2.05) is 0 Å². The maximum absolute atomic E-state index is 11.4. The first-order valence-corrected chi connectivity index (χ1v) is 5.94. The van der Waals surface area contributed by atoms with Crippen LogP contribution in [0.3, 0.4) is 0 Å². The van der Waals surface area contributed by atoms with Gasteiger partial charge in [0.15, 0.2) is 0 Å². The van der Waals surface area contributed by atoms with Crippen LogP contribution in [0, 0.1) is 0 Å². The van der Waals surface area contributed by atoms with Gasteiger partial charge in [-0.25, -0.2) is 0 Å². The minimum Gasteiger partial charge on any atom is -0.195 e. The van der Waals surface area contributed by atoms with Crippen molar-refractivity contribution in [1.29, 1.82) is 0 Å². The fourth-order valence-electron chi connectivity index (χ4n) is 1.15. The molecule has 0 aromatic heterocycles. The van der Waals surface area contributed by atoms with E-state index in [1.165, 1.54) is 8.61 Å². The molecule has 0 unspecified atom stereocenters. The highest BCUT2D eigenvalue weighted by Gasteiger charge is 2.32. The average molecular weight is 210 g/mol. The molecule has 6 heteroatoms. The Bertz CT molecular complexity index is 240. The first-order valence-electron chi connectivity index (χ1n) is 3.91. The molecule has 0 aliphatic carbocycles. The molecule has 0 N–H and O–H groups in total. The van der Waals surface area contributed by atoms with E-state index < -0.39 is 10.2 Å². The summed E-state index contributed by atoms with van der Waals surface area (Å²) in [5.41, 5.74) is 0. The van der Waals surface area contributed by atoms with E-state index in [0.29, 0.717) is 19.6 Å². The van der Waals surface area contributed by atoms with Gasteiger partial charge in [0.2, 0.25) is 0 Å². The Labute approximate surface area is 79.1 Å². The third kappa shape index (κ3) is 1.93. The fraction of sp³-hybridized carbons (Fsp3) is 1.00. The maximum Gasteiger partial charge on any atom is 0.281 e. The molecule has 1 fully saturated rings. The molecule has 1 aliphatic rings. The van der Waals surface area contributed by atoms with E-state index in [-0.39, 0.29) is 0 Å². The highest BCUT2D eigenvalue weighted by molar-refractivity contribution is 7.87. The molecule has 0 bridgehead atoms. The first-order chi connectivity index (χ1) is 5.59. The van der Waals surface area contributed by atoms with E-state index in [2.05, 4.69) is 12.6 Å². The normalized spacial score (nSPS) is 24.8. The van der Waals surface area contributed by atoms with Gasteiger partial charge in [-0.2, -0.15) is 29.7 Å². The minimum atomic E-state index is -3.11. The van der Waals surface area contributed by atoms with Crippen LogP contribution in [0.2, 0.25) is 0 Å². The van der Waals surface area contributed by atoms with Crippen molar-refractivity contribution in [3.05, 3.63) is 0 Å². The summed E-state index contributed by atoms with van der Waals surface area (Å²) < 4.78 is 25.7. The summed E-state index contributed by atoms with van der Waals surface area (Å²) in [6, 6.07) is 0. The van der Waals surface area contributed by atoms with Gasteiger partial charge in [-0.1, -0.05) is 0 Å². The van der Waals surface area contributed by atoms with Crippen molar-refractivity contribution in [2.24, 2.45) is 0 Å². The first kappa shape index (κ1) is 10.3. The van der Waals surface area contributed by atoms with Crippen LogP contribution in [-0.2, 0) is 10.2 Å². The van der Waals surface area contributed by atoms with E-state index in [0.717, 1.165) is 12.2 Å². The predicted octanol–water partition coefficient (Wildman–Crippen LogP) is -0.201. The molecule has 0 amide bonds. The SMILES string of the molecule is CN1CCN(CCCS)S1(=O)=O. The Kier molecular flexibility index (Phi) is 3.39. The van der Waals surface area contributed by atoms with Crippen molar-refractivity contribution >= 4 is 22.8 Å². The Morgan fingerprint density at radius 1 is 1.42 bits per heavy atom. The van der Waals surface area contributed by atoms with Crippen LogP contribution in [0.4, 0.5) is 0 Å². The van der Waals surface area contributed by atoms with Crippen LogP contribution in [0.25, 0.3) is 0 Å². The summed E-state index contributed by atoms with van der Waals surface area (Å²) >= 11 is 4.04. The molecule has 1 rings (SSSR count). The number of likely N-dealkylation sites (N-methyl/N-ethyl adjacent to an activating group) is 1. The third-order valence-corrected chi connectivity index (χ3v) is 4.25. The molecular formula is C6H14N2O2S2. The van der Waals surface area contributed by atoms with E-state index >= 15 is 0 Å². The lowest BCUT2D eigenvalue weighted by molar-refractivity contribution is 0.449. The Morgan fingerprint density at radius 2 is 2.08 bits per heavy atom. The number of rotatable bonds is 3. The molecule has 1 saturated heterocycles. The standard InChI is InChI=1S/C6H14N2O2S2/c1-7-4-5-8(3-2-6-11)12(7,9)10/h11H,2-6H2,1H3.